The van der Waals surface area contributed by atoms with Gasteiger partial charge in [-0.1, -0.05) is 12.1 Å². The summed E-state index contributed by atoms with van der Waals surface area (Å²) in [5.74, 6) is 0.940. The summed E-state index contributed by atoms with van der Waals surface area (Å²) in [5, 5.41) is 3.30. The van der Waals surface area contributed by atoms with E-state index < -0.39 is 0 Å². The maximum Gasteiger partial charge on any atom is 0.121 e. The van der Waals surface area contributed by atoms with Gasteiger partial charge in [-0.05, 0) is 30.7 Å². The lowest BCUT2D eigenvalue weighted by Gasteiger charge is -2.16. The van der Waals surface area contributed by atoms with Gasteiger partial charge in [-0.2, -0.15) is 0 Å². The predicted molar refractivity (Wildman–Crippen MR) is 71.8 cm³/mol. The van der Waals surface area contributed by atoms with Gasteiger partial charge in [0.2, 0.25) is 0 Å². The third-order valence-electron chi connectivity index (χ3n) is 2.92. The zero-order valence-corrected chi connectivity index (χ0v) is 10.6. The molecule has 0 fully saturated rings. The molecule has 0 saturated carbocycles. The van der Waals surface area contributed by atoms with E-state index in [1.54, 1.807) is 0 Å². The van der Waals surface area contributed by atoms with Gasteiger partial charge in [-0.15, -0.1) is 0 Å². The number of hydrogen-bond acceptors (Lipinski definition) is 3. The molecule has 0 aromatic heterocycles. The zero-order valence-electron chi connectivity index (χ0n) is 10.6. The van der Waals surface area contributed by atoms with Crippen molar-refractivity contribution in [2.75, 3.05) is 38.7 Å². The predicted octanol–water partition coefficient (Wildman–Crippen LogP) is 2.05. The SMILES string of the molecule is CN(C)c1cccc(OCC2=CCNCC2)c1. The molecule has 1 aromatic rings. The molecule has 1 aromatic carbocycles. The lowest BCUT2D eigenvalue weighted by atomic mass is 10.1. The maximum atomic E-state index is 5.81. The Kier molecular flexibility index (Phi) is 4.04. The number of hydrogen-bond donors (Lipinski definition) is 1. The molecule has 0 amide bonds. The highest BCUT2D eigenvalue weighted by atomic mass is 16.5. The van der Waals surface area contributed by atoms with Gasteiger partial charge in [0.15, 0.2) is 0 Å². The van der Waals surface area contributed by atoms with Crippen molar-refractivity contribution in [2.45, 2.75) is 6.42 Å². The van der Waals surface area contributed by atoms with Gasteiger partial charge in [0.25, 0.3) is 0 Å². The molecule has 0 aliphatic carbocycles. The molecule has 0 spiro atoms. The summed E-state index contributed by atoms with van der Waals surface area (Å²) in [6.45, 7) is 2.74. The number of anilines is 1. The van der Waals surface area contributed by atoms with E-state index in [1.807, 2.05) is 26.2 Å². The Labute approximate surface area is 103 Å². The average Bonchev–Trinajstić information content (AvgIpc) is 2.38. The zero-order chi connectivity index (χ0) is 12.1. The molecule has 0 radical (unpaired) electrons. The summed E-state index contributed by atoms with van der Waals surface area (Å²) in [5.41, 5.74) is 2.56. The number of nitrogens with zero attached hydrogens (tertiary/aromatic N) is 1. The van der Waals surface area contributed by atoms with Gasteiger partial charge >= 0.3 is 0 Å². The van der Waals surface area contributed by atoms with Crippen LogP contribution in [-0.4, -0.2) is 33.8 Å². The summed E-state index contributed by atoms with van der Waals surface area (Å²) in [4.78, 5) is 2.08. The summed E-state index contributed by atoms with van der Waals surface area (Å²) >= 11 is 0. The first-order chi connectivity index (χ1) is 8.25. The van der Waals surface area contributed by atoms with Gasteiger partial charge in [0, 0.05) is 32.4 Å². The third kappa shape index (κ3) is 3.49. The molecular formula is C14H20N2O. The molecule has 17 heavy (non-hydrogen) atoms. The smallest absolute Gasteiger partial charge is 0.121 e. The fourth-order valence-electron chi connectivity index (χ4n) is 1.83. The number of ether oxygens (including phenoxy) is 1. The van der Waals surface area contributed by atoms with E-state index in [-0.39, 0.29) is 0 Å². The Hall–Kier alpha value is -1.48. The van der Waals surface area contributed by atoms with Crippen molar-refractivity contribution in [3.05, 3.63) is 35.9 Å². The van der Waals surface area contributed by atoms with Crippen LogP contribution in [0.2, 0.25) is 0 Å². The molecule has 1 heterocycles. The number of benzene rings is 1. The summed E-state index contributed by atoms with van der Waals surface area (Å²) in [6.07, 6.45) is 3.31. The highest BCUT2D eigenvalue weighted by Crippen LogP contribution is 2.20. The van der Waals surface area contributed by atoms with Gasteiger partial charge in [0.1, 0.15) is 12.4 Å². The summed E-state index contributed by atoms with van der Waals surface area (Å²) in [7, 11) is 4.07. The molecule has 3 nitrogen and oxygen atoms in total. The first-order valence-corrected chi connectivity index (χ1v) is 6.04. The summed E-state index contributed by atoms with van der Waals surface area (Å²) in [6, 6.07) is 8.19. The van der Waals surface area contributed by atoms with E-state index in [1.165, 1.54) is 11.3 Å². The van der Waals surface area contributed by atoms with Crippen LogP contribution in [0, 0.1) is 0 Å². The maximum absolute atomic E-state index is 5.81. The van der Waals surface area contributed by atoms with Crippen LogP contribution in [0.3, 0.4) is 0 Å². The van der Waals surface area contributed by atoms with Crippen molar-refractivity contribution < 1.29 is 4.74 Å². The Morgan fingerprint density at radius 3 is 2.94 bits per heavy atom. The number of rotatable bonds is 4. The monoisotopic (exact) mass is 232 g/mol. The minimum atomic E-state index is 0.707. The molecule has 0 unspecified atom stereocenters. The quantitative estimate of drug-likeness (QED) is 0.804. The normalized spacial score (nSPS) is 15.3. The first kappa shape index (κ1) is 12.0. The number of nitrogens with one attached hydrogen (secondary N) is 1. The molecule has 92 valence electrons. The van der Waals surface area contributed by atoms with Crippen molar-refractivity contribution in [1.29, 1.82) is 0 Å². The second-order valence-electron chi connectivity index (χ2n) is 4.50. The van der Waals surface area contributed by atoms with Crippen molar-refractivity contribution >= 4 is 5.69 Å². The highest BCUT2D eigenvalue weighted by Gasteiger charge is 2.04. The van der Waals surface area contributed by atoms with Crippen LogP contribution in [0.4, 0.5) is 5.69 Å². The van der Waals surface area contributed by atoms with Gasteiger partial charge in [0.05, 0.1) is 0 Å². The minimum absolute atomic E-state index is 0.707. The second-order valence-corrected chi connectivity index (χ2v) is 4.50. The molecule has 2 rings (SSSR count). The summed E-state index contributed by atoms with van der Waals surface area (Å²) < 4.78 is 5.81. The fourth-order valence-corrected chi connectivity index (χ4v) is 1.83. The molecule has 0 saturated heterocycles. The van der Waals surface area contributed by atoms with Crippen molar-refractivity contribution in [3.63, 3.8) is 0 Å². The van der Waals surface area contributed by atoms with Crippen LogP contribution >= 0.6 is 0 Å². The van der Waals surface area contributed by atoms with Crippen molar-refractivity contribution in [3.8, 4) is 5.75 Å². The lowest BCUT2D eigenvalue weighted by Crippen LogP contribution is -2.22. The first-order valence-electron chi connectivity index (χ1n) is 6.04. The van der Waals surface area contributed by atoms with E-state index in [2.05, 4.69) is 28.4 Å². The van der Waals surface area contributed by atoms with Gasteiger partial charge < -0.3 is 15.0 Å². The highest BCUT2D eigenvalue weighted by molar-refractivity contribution is 5.49. The standard InChI is InChI=1S/C14H20N2O/c1-16(2)13-4-3-5-14(10-13)17-11-12-6-8-15-9-7-12/h3-6,10,15H,7-9,11H2,1-2H3. The van der Waals surface area contributed by atoms with Crippen LogP contribution in [-0.2, 0) is 0 Å². The molecule has 0 atom stereocenters. The van der Waals surface area contributed by atoms with E-state index in [9.17, 15) is 0 Å². The van der Waals surface area contributed by atoms with E-state index in [0.29, 0.717) is 6.61 Å². The Balaban J connectivity index is 1.94. The molecule has 0 bridgehead atoms. The van der Waals surface area contributed by atoms with Crippen molar-refractivity contribution in [2.24, 2.45) is 0 Å². The van der Waals surface area contributed by atoms with Crippen molar-refractivity contribution in [1.82, 2.24) is 5.32 Å². The van der Waals surface area contributed by atoms with E-state index in [0.717, 1.165) is 25.3 Å². The molecular weight excluding hydrogens is 212 g/mol. The van der Waals surface area contributed by atoms with Crippen LogP contribution in [0.5, 0.6) is 5.75 Å². The second kappa shape index (κ2) is 5.73. The molecule has 1 N–H and O–H groups in total. The lowest BCUT2D eigenvalue weighted by molar-refractivity contribution is 0.344. The Morgan fingerprint density at radius 2 is 2.24 bits per heavy atom. The van der Waals surface area contributed by atoms with Crippen LogP contribution in [0.25, 0.3) is 0 Å². The van der Waals surface area contributed by atoms with Crippen LogP contribution < -0.4 is 15.0 Å². The molecule has 3 heteroatoms. The fraction of sp³-hybridized carbons (Fsp3) is 0.429. The van der Waals surface area contributed by atoms with E-state index in [4.69, 9.17) is 4.74 Å². The van der Waals surface area contributed by atoms with Gasteiger partial charge in [-0.3, -0.25) is 0 Å². The molecule has 1 aliphatic heterocycles. The van der Waals surface area contributed by atoms with Crippen LogP contribution in [0.15, 0.2) is 35.9 Å². The van der Waals surface area contributed by atoms with Crippen LogP contribution in [0.1, 0.15) is 6.42 Å². The average molecular weight is 232 g/mol. The third-order valence-corrected chi connectivity index (χ3v) is 2.92. The Morgan fingerprint density at radius 1 is 1.35 bits per heavy atom. The Bertz CT molecular complexity index is 399. The molecule has 1 aliphatic rings. The largest absolute Gasteiger partial charge is 0.489 e. The van der Waals surface area contributed by atoms with E-state index >= 15 is 0 Å². The topological polar surface area (TPSA) is 24.5 Å². The van der Waals surface area contributed by atoms with Gasteiger partial charge in [-0.25, -0.2) is 0 Å². The minimum Gasteiger partial charge on any atom is -0.489 e.